The van der Waals surface area contributed by atoms with Gasteiger partial charge < -0.3 is 5.11 Å². The summed E-state index contributed by atoms with van der Waals surface area (Å²) >= 11 is 6.26. The van der Waals surface area contributed by atoms with Crippen LogP contribution >= 0.6 is 11.6 Å². The lowest BCUT2D eigenvalue weighted by molar-refractivity contribution is -0.137. The van der Waals surface area contributed by atoms with Crippen molar-refractivity contribution in [1.29, 1.82) is 0 Å². The fourth-order valence-electron chi connectivity index (χ4n) is 2.24. The molecule has 2 unspecified atom stereocenters. The van der Waals surface area contributed by atoms with Crippen LogP contribution in [0.2, 0.25) is 0 Å². The van der Waals surface area contributed by atoms with E-state index in [1.54, 1.807) is 6.26 Å². The highest BCUT2D eigenvalue weighted by Gasteiger charge is 2.15. The van der Waals surface area contributed by atoms with E-state index >= 15 is 0 Å². The number of hydrogen-bond donors (Lipinski definition) is 1. The van der Waals surface area contributed by atoms with Crippen molar-refractivity contribution in [2.24, 2.45) is 0 Å². The SMILES string of the molecule is CS(=O)c1cc(C(Cl)CCC(=O)O)ccc1-c1ccccc1. The normalized spacial score (nSPS) is 13.5. The fraction of sp³-hybridized carbons (Fsp3) is 0.235. The Labute approximate surface area is 137 Å². The molecule has 0 aromatic heterocycles. The van der Waals surface area contributed by atoms with Gasteiger partial charge in [-0.05, 0) is 29.2 Å². The van der Waals surface area contributed by atoms with Crippen LogP contribution in [0.3, 0.4) is 0 Å². The first-order chi connectivity index (χ1) is 10.5. The molecule has 3 nitrogen and oxygen atoms in total. The second-order valence-electron chi connectivity index (χ2n) is 4.98. The molecule has 116 valence electrons. The fourth-order valence-corrected chi connectivity index (χ4v) is 3.29. The molecule has 0 saturated heterocycles. The van der Waals surface area contributed by atoms with Gasteiger partial charge >= 0.3 is 5.97 Å². The van der Waals surface area contributed by atoms with Gasteiger partial charge in [0.25, 0.3) is 0 Å². The molecule has 0 heterocycles. The van der Waals surface area contributed by atoms with Crippen molar-refractivity contribution in [3.63, 3.8) is 0 Å². The summed E-state index contributed by atoms with van der Waals surface area (Å²) in [5.74, 6) is -0.870. The molecule has 0 aliphatic carbocycles. The van der Waals surface area contributed by atoms with E-state index in [0.29, 0.717) is 11.3 Å². The number of rotatable bonds is 6. The van der Waals surface area contributed by atoms with Gasteiger partial charge in [0.1, 0.15) is 0 Å². The number of alkyl halides is 1. The third-order valence-electron chi connectivity index (χ3n) is 3.37. The summed E-state index contributed by atoms with van der Waals surface area (Å²) in [6, 6.07) is 15.3. The number of benzene rings is 2. The Morgan fingerprint density at radius 1 is 1.23 bits per heavy atom. The van der Waals surface area contributed by atoms with Gasteiger partial charge in [0.2, 0.25) is 0 Å². The molecule has 22 heavy (non-hydrogen) atoms. The summed E-state index contributed by atoms with van der Waals surface area (Å²) < 4.78 is 12.1. The van der Waals surface area contributed by atoms with Crippen molar-refractivity contribution in [2.45, 2.75) is 23.1 Å². The Bertz CT molecular complexity index is 686. The molecule has 0 spiro atoms. The van der Waals surface area contributed by atoms with Crippen LogP contribution in [-0.2, 0) is 15.6 Å². The zero-order chi connectivity index (χ0) is 16.1. The number of carbonyl (C=O) groups is 1. The molecule has 5 heteroatoms. The van der Waals surface area contributed by atoms with E-state index in [-0.39, 0.29) is 6.42 Å². The number of carboxylic acid groups (broad SMARTS) is 1. The molecule has 0 aliphatic heterocycles. The first-order valence-corrected chi connectivity index (χ1v) is 8.87. The van der Waals surface area contributed by atoms with Gasteiger partial charge in [-0.2, -0.15) is 0 Å². The maximum atomic E-state index is 12.1. The summed E-state index contributed by atoms with van der Waals surface area (Å²) in [7, 11) is -1.16. The van der Waals surface area contributed by atoms with Crippen molar-refractivity contribution in [2.75, 3.05) is 6.26 Å². The predicted octanol–water partition coefficient (Wildman–Crippen LogP) is 4.24. The predicted molar refractivity (Wildman–Crippen MR) is 89.7 cm³/mol. The van der Waals surface area contributed by atoms with Crippen LogP contribution in [-0.4, -0.2) is 21.5 Å². The van der Waals surface area contributed by atoms with E-state index in [4.69, 9.17) is 16.7 Å². The van der Waals surface area contributed by atoms with Crippen molar-refractivity contribution in [3.8, 4) is 11.1 Å². The minimum absolute atomic E-state index is 0.0130. The summed E-state index contributed by atoms with van der Waals surface area (Å²) in [5, 5.41) is 8.34. The Kier molecular flexibility index (Phi) is 5.75. The zero-order valence-electron chi connectivity index (χ0n) is 12.2. The molecule has 0 saturated carbocycles. The van der Waals surface area contributed by atoms with Gasteiger partial charge in [0, 0.05) is 17.6 Å². The smallest absolute Gasteiger partial charge is 0.303 e. The molecule has 0 bridgehead atoms. The molecule has 1 N–H and O–H groups in total. The molecule has 2 aromatic carbocycles. The highest BCUT2D eigenvalue weighted by Crippen LogP contribution is 2.32. The van der Waals surface area contributed by atoms with Crippen LogP contribution in [0.15, 0.2) is 53.4 Å². The molecule has 2 atom stereocenters. The second kappa shape index (κ2) is 7.56. The van der Waals surface area contributed by atoms with Crippen molar-refractivity contribution < 1.29 is 14.1 Å². The summed E-state index contributed by atoms with van der Waals surface area (Å²) in [4.78, 5) is 11.4. The minimum atomic E-state index is -1.16. The standard InChI is InChI=1S/C17H17ClO3S/c1-22(21)16-11-13(15(18)9-10-17(19)20)7-8-14(16)12-5-3-2-4-6-12/h2-8,11,15H,9-10H2,1H3,(H,19,20). The lowest BCUT2D eigenvalue weighted by Gasteiger charge is -2.13. The average Bonchev–Trinajstić information content (AvgIpc) is 2.52. The quantitative estimate of drug-likeness (QED) is 0.803. The topological polar surface area (TPSA) is 54.4 Å². The van der Waals surface area contributed by atoms with Crippen LogP contribution in [0.5, 0.6) is 0 Å². The average molecular weight is 337 g/mol. The monoisotopic (exact) mass is 336 g/mol. The van der Waals surface area contributed by atoms with Crippen LogP contribution in [0, 0.1) is 0 Å². The third kappa shape index (κ3) is 4.18. The first-order valence-electron chi connectivity index (χ1n) is 6.87. The molecule has 0 aliphatic rings. The Hall–Kier alpha value is -1.65. The van der Waals surface area contributed by atoms with Gasteiger partial charge in [0.05, 0.1) is 16.2 Å². The van der Waals surface area contributed by atoms with Gasteiger partial charge in [-0.15, -0.1) is 11.6 Å². The van der Waals surface area contributed by atoms with E-state index < -0.39 is 22.1 Å². The second-order valence-corrected chi connectivity index (χ2v) is 6.85. The van der Waals surface area contributed by atoms with Gasteiger partial charge in [0.15, 0.2) is 0 Å². The highest BCUT2D eigenvalue weighted by molar-refractivity contribution is 7.84. The molecule has 2 rings (SSSR count). The van der Waals surface area contributed by atoms with E-state index in [0.717, 1.165) is 16.7 Å². The molecule has 0 amide bonds. The summed E-state index contributed by atoms with van der Waals surface area (Å²) in [5.41, 5.74) is 2.70. The Balaban J connectivity index is 2.35. The molecule has 0 radical (unpaired) electrons. The van der Waals surface area contributed by atoms with Crippen LogP contribution < -0.4 is 0 Å². The van der Waals surface area contributed by atoms with E-state index in [2.05, 4.69) is 0 Å². The van der Waals surface area contributed by atoms with Crippen molar-refractivity contribution in [1.82, 2.24) is 0 Å². The van der Waals surface area contributed by atoms with E-state index in [1.165, 1.54) is 0 Å². The number of carboxylic acids is 1. The highest BCUT2D eigenvalue weighted by atomic mass is 35.5. The van der Waals surface area contributed by atoms with Crippen LogP contribution in [0.4, 0.5) is 0 Å². The van der Waals surface area contributed by atoms with Gasteiger partial charge in [-0.25, -0.2) is 0 Å². The third-order valence-corrected chi connectivity index (χ3v) is 4.80. The molecule has 2 aromatic rings. The molecular formula is C17H17ClO3S. The number of halogens is 1. The van der Waals surface area contributed by atoms with Crippen molar-refractivity contribution in [3.05, 3.63) is 54.1 Å². The van der Waals surface area contributed by atoms with Crippen molar-refractivity contribution >= 4 is 28.4 Å². The Morgan fingerprint density at radius 2 is 1.91 bits per heavy atom. The van der Waals surface area contributed by atoms with Gasteiger partial charge in [-0.1, -0.05) is 42.5 Å². The molecular weight excluding hydrogens is 320 g/mol. The molecule has 0 fully saturated rings. The van der Waals surface area contributed by atoms with E-state index in [1.807, 2.05) is 48.5 Å². The van der Waals surface area contributed by atoms with Gasteiger partial charge in [-0.3, -0.25) is 9.00 Å². The largest absolute Gasteiger partial charge is 0.481 e. The first kappa shape index (κ1) is 16.7. The Morgan fingerprint density at radius 3 is 2.50 bits per heavy atom. The zero-order valence-corrected chi connectivity index (χ0v) is 13.7. The summed E-state index contributed by atoms with van der Waals surface area (Å²) in [6.07, 6.45) is 1.99. The van der Waals surface area contributed by atoms with Crippen LogP contribution in [0.25, 0.3) is 11.1 Å². The maximum Gasteiger partial charge on any atom is 0.303 e. The number of hydrogen-bond acceptors (Lipinski definition) is 2. The minimum Gasteiger partial charge on any atom is -0.481 e. The number of aliphatic carboxylic acids is 1. The summed E-state index contributed by atoms with van der Waals surface area (Å²) in [6.45, 7) is 0. The van der Waals surface area contributed by atoms with Crippen LogP contribution in [0.1, 0.15) is 23.8 Å². The lowest BCUT2D eigenvalue weighted by atomic mass is 10.0. The van der Waals surface area contributed by atoms with E-state index in [9.17, 15) is 9.00 Å². The lowest BCUT2D eigenvalue weighted by Crippen LogP contribution is -2.00. The maximum absolute atomic E-state index is 12.1.